The third kappa shape index (κ3) is 5.31. The first-order valence-corrected chi connectivity index (χ1v) is 8.44. The average molecular weight is 435 g/mol. The maximum atomic E-state index is 5.27. The molecule has 0 spiro atoms. The summed E-state index contributed by atoms with van der Waals surface area (Å²) in [6, 6.07) is 6.56. The number of benzene rings is 1. The Labute approximate surface area is 154 Å². The summed E-state index contributed by atoms with van der Waals surface area (Å²) in [5.41, 5.74) is 2.84. The number of ether oxygens (including phenoxy) is 1. The van der Waals surface area contributed by atoms with E-state index >= 15 is 0 Å². The fourth-order valence-electron chi connectivity index (χ4n) is 2.25. The van der Waals surface area contributed by atoms with E-state index in [-0.39, 0.29) is 29.4 Å². The molecular weight excluding hydrogens is 409 g/mol. The van der Waals surface area contributed by atoms with Crippen LogP contribution in [0.4, 0.5) is 0 Å². The second-order valence-electron chi connectivity index (χ2n) is 5.90. The molecule has 0 unspecified atom stereocenters. The van der Waals surface area contributed by atoms with Gasteiger partial charge >= 0.3 is 0 Å². The summed E-state index contributed by atoms with van der Waals surface area (Å²) >= 11 is 1.78. The molecule has 0 atom stereocenters. The molecule has 0 bridgehead atoms. The van der Waals surface area contributed by atoms with Crippen molar-refractivity contribution < 1.29 is 4.74 Å². The number of nitrogens with one attached hydrogen (secondary N) is 2. The summed E-state index contributed by atoms with van der Waals surface area (Å²) in [6.45, 7) is 7.66. The van der Waals surface area contributed by atoms with Crippen LogP contribution in [0.2, 0.25) is 0 Å². The summed E-state index contributed by atoms with van der Waals surface area (Å²) in [5.74, 6) is 0.843. The van der Waals surface area contributed by atoms with Crippen LogP contribution < -0.4 is 10.6 Å². The number of nitrogens with zero attached hydrogens (tertiary/aromatic N) is 1. The normalized spacial score (nSPS) is 16.5. The van der Waals surface area contributed by atoms with Gasteiger partial charge in [-0.25, -0.2) is 0 Å². The third-order valence-corrected chi connectivity index (χ3v) is 4.52. The first-order chi connectivity index (χ1) is 10.1. The Morgan fingerprint density at radius 1 is 1.36 bits per heavy atom. The zero-order valence-corrected chi connectivity index (χ0v) is 16.9. The molecule has 0 amide bonds. The lowest BCUT2D eigenvalue weighted by Crippen LogP contribution is -2.50. The SMILES string of the molecule is CN=C(NCc1ccc(C)cc1SC)NCC1(C)COC1.I. The molecule has 1 aliphatic rings. The van der Waals surface area contributed by atoms with Crippen molar-refractivity contribution >= 4 is 41.7 Å². The highest BCUT2D eigenvalue weighted by Crippen LogP contribution is 2.25. The molecule has 0 aliphatic carbocycles. The Bertz CT molecular complexity index is 518. The van der Waals surface area contributed by atoms with Crippen molar-refractivity contribution in [1.82, 2.24) is 10.6 Å². The van der Waals surface area contributed by atoms with Crippen molar-refractivity contribution in [3.63, 3.8) is 0 Å². The number of thioether (sulfide) groups is 1. The molecule has 1 saturated heterocycles. The van der Waals surface area contributed by atoms with Crippen LogP contribution in [-0.4, -0.2) is 39.0 Å². The lowest BCUT2D eigenvalue weighted by molar-refractivity contribution is -0.0971. The Morgan fingerprint density at radius 2 is 2.09 bits per heavy atom. The molecule has 0 saturated carbocycles. The molecule has 1 aromatic rings. The zero-order valence-electron chi connectivity index (χ0n) is 13.7. The van der Waals surface area contributed by atoms with Crippen molar-refractivity contribution in [3.8, 4) is 0 Å². The van der Waals surface area contributed by atoms with Gasteiger partial charge in [-0.1, -0.05) is 19.1 Å². The fraction of sp³-hybridized carbons (Fsp3) is 0.562. The molecule has 1 aliphatic heterocycles. The molecule has 1 heterocycles. The Kier molecular flexibility index (Phi) is 7.99. The van der Waals surface area contributed by atoms with E-state index in [0.717, 1.165) is 32.3 Å². The van der Waals surface area contributed by atoms with Crippen LogP contribution in [0.15, 0.2) is 28.1 Å². The van der Waals surface area contributed by atoms with E-state index in [1.807, 2.05) is 0 Å². The number of hydrogen-bond donors (Lipinski definition) is 2. The quantitative estimate of drug-likeness (QED) is 0.323. The minimum Gasteiger partial charge on any atom is -0.380 e. The fourth-order valence-corrected chi connectivity index (χ4v) is 2.95. The highest BCUT2D eigenvalue weighted by atomic mass is 127. The van der Waals surface area contributed by atoms with Gasteiger partial charge in [0.15, 0.2) is 5.96 Å². The average Bonchev–Trinajstić information content (AvgIpc) is 2.46. The molecule has 2 N–H and O–H groups in total. The monoisotopic (exact) mass is 435 g/mol. The van der Waals surface area contributed by atoms with Crippen molar-refractivity contribution in [2.45, 2.75) is 25.3 Å². The number of aliphatic imine (C=N–C) groups is 1. The maximum Gasteiger partial charge on any atom is 0.191 e. The number of aryl methyl sites for hydroxylation is 1. The van der Waals surface area contributed by atoms with E-state index in [2.05, 4.69) is 53.9 Å². The van der Waals surface area contributed by atoms with Crippen molar-refractivity contribution in [3.05, 3.63) is 29.3 Å². The molecule has 4 nitrogen and oxygen atoms in total. The minimum absolute atomic E-state index is 0. The van der Waals surface area contributed by atoms with Gasteiger partial charge in [0.2, 0.25) is 0 Å². The van der Waals surface area contributed by atoms with Gasteiger partial charge in [0.1, 0.15) is 0 Å². The van der Waals surface area contributed by atoms with Gasteiger partial charge in [-0.05, 0) is 30.4 Å². The van der Waals surface area contributed by atoms with E-state index in [1.54, 1.807) is 18.8 Å². The van der Waals surface area contributed by atoms with Crippen LogP contribution >= 0.6 is 35.7 Å². The molecule has 6 heteroatoms. The van der Waals surface area contributed by atoms with Gasteiger partial charge in [-0.2, -0.15) is 0 Å². The Morgan fingerprint density at radius 3 is 2.64 bits per heavy atom. The van der Waals surface area contributed by atoms with Crippen molar-refractivity contribution in [2.75, 3.05) is 33.1 Å². The topological polar surface area (TPSA) is 45.7 Å². The number of rotatable bonds is 5. The molecule has 2 rings (SSSR count). The van der Waals surface area contributed by atoms with Gasteiger partial charge in [-0.3, -0.25) is 4.99 Å². The smallest absolute Gasteiger partial charge is 0.191 e. The third-order valence-electron chi connectivity index (χ3n) is 3.70. The van der Waals surface area contributed by atoms with E-state index in [9.17, 15) is 0 Å². The van der Waals surface area contributed by atoms with Crippen LogP contribution in [0, 0.1) is 12.3 Å². The lowest BCUT2D eigenvalue weighted by Gasteiger charge is -2.38. The Hall–Kier alpha value is -0.470. The summed E-state index contributed by atoms with van der Waals surface area (Å²) in [5, 5.41) is 6.77. The number of halogens is 1. The zero-order chi connectivity index (χ0) is 15.3. The van der Waals surface area contributed by atoms with Gasteiger partial charge in [0.05, 0.1) is 13.2 Å². The minimum atomic E-state index is 0. The largest absolute Gasteiger partial charge is 0.380 e. The molecule has 1 fully saturated rings. The highest BCUT2D eigenvalue weighted by molar-refractivity contribution is 14.0. The molecule has 0 aromatic heterocycles. The molecular formula is C16H26IN3OS. The molecule has 22 heavy (non-hydrogen) atoms. The van der Waals surface area contributed by atoms with Crippen LogP contribution in [-0.2, 0) is 11.3 Å². The van der Waals surface area contributed by atoms with Gasteiger partial charge in [0.25, 0.3) is 0 Å². The van der Waals surface area contributed by atoms with Crippen LogP contribution in [0.3, 0.4) is 0 Å². The molecule has 124 valence electrons. The van der Waals surface area contributed by atoms with Gasteiger partial charge < -0.3 is 15.4 Å². The van der Waals surface area contributed by atoms with E-state index in [1.165, 1.54) is 16.0 Å². The van der Waals surface area contributed by atoms with Crippen molar-refractivity contribution in [2.24, 2.45) is 10.4 Å². The van der Waals surface area contributed by atoms with Gasteiger partial charge in [-0.15, -0.1) is 35.7 Å². The molecule has 1 aromatic carbocycles. The first-order valence-electron chi connectivity index (χ1n) is 7.22. The predicted molar refractivity (Wildman–Crippen MR) is 106 cm³/mol. The van der Waals surface area contributed by atoms with E-state index < -0.39 is 0 Å². The summed E-state index contributed by atoms with van der Waals surface area (Å²) in [4.78, 5) is 5.60. The molecule has 0 radical (unpaired) electrons. The summed E-state index contributed by atoms with van der Waals surface area (Å²) in [7, 11) is 1.81. The standard InChI is InChI=1S/C16H25N3OS.HI/c1-12-5-6-13(14(7-12)21-4)8-18-15(17-3)19-9-16(2)10-20-11-16;/h5-7H,8-11H2,1-4H3,(H2,17,18,19);1H. The highest BCUT2D eigenvalue weighted by Gasteiger charge is 2.33. The predicted octanol–water partition coefficient (Wildman–Crippen LogP) is 3.04. The van der Waals surface area contributed by atoms with Crippen LogP contribution in [0.1, 0.15) is 18.1 Å². The lowest BCUT2D eigenvalue weighted by atomic mass is 9.89. The van der Waals surface area contributed by atoms with E-state index in [0.29, 0.717) is 0 Å². The first kappa shape index (κ1) is 19.6. The summed E-state index contributed by atoms with van der Waals surface area (Å²) in [6.07, 6.45) is 2.11. The van der Waals surface area contributed by atoms with Crippen LogP contribution in [0.5, 0.6) is 0 Å². The maximum absolute atomic E-state index is 5.27. The summed E-state index contributed by atoms with van der Waals surface area (Å²) < 4.78 is 5.27. The van der Waals surface area contributed by atoms with Gasteiger partial charge in [0, 0.05) is 30.4 Å². The van der Waals surface area contributed by atoms with Crippen LogP contribution in [0.25, 0.3) is 0 Å². The second kappa shape index (κ2) is 8.98. The van der Waals surface area contributed by atoms with Crippen molar-refractivity contribution in [1.29, 1.82) is 0 Å². The Balaban J connectivity index is 0.00000242. The second-order valence-corrected chi connectivity index (χ2v) is 6.75. The number of hydrogen-bond acceptors (Lipinski definition) is 3. The van der Waals surface area contributed by atoms with E-state index in [4.69, 9.17) is 4.74 Å². The number of guanidine groups is 1.